The summed E-state index contributed by atoms with van der Waals surface area (Å²) in [6.45, 7) is 1.95. The van der Waals surface area contributed by atoms with Crippen molar-refractivity contribution in [1.82, 2.24) is 0 Å². The summed E-state index contributed by atoms with van der Waals surface area (Å²) in [6.07, 6.45) is 0. The molecule has 3 nitrogen and oxygen atoms in total. The van der Waals surface area contributed by atoms with Gasteiger partial charge in [0, 0.05) is 10.0 Å². The van der Waals surface area contributed by atoms with E-state index in [4.69, 9.17) is 9.47 Å². The Hall–Kier alpha value is -1.81. The summed E-state index contributed by atoms with van der Waals surface area (Å²) in [5.74, 6) is 0.875. The van der Waals surface area contributed by atoms with E-state index in [2.05, 4.69) is 15.9 Å². The van der Waals surface area contributed by atoms with Crippen LogP contribution >= 0.6 is 15.9 Å². The van der Waals surface area contributed by atoms with Crippen LogP contribution in [0.2, 0.25) is 0 Å². The molecule has 20 heavy (non-hydrogen) atoms. The lowest BCUT2D eigenvalue weighted by Gasteiger charge is -2.13. The summed E-state index contributed by atoms with van der Waals surface area (Å²) in [5, 5.41) is 0. The second-order valence-electron chi connectivity index (χ2n) is 4.35. The fraction of sp³-hybridized carbons (Fsp3) is 0.188. The number of hydrogen-bond acceptors (Lipinski definition) is 3. The number of rotatable bonds is 4. The molecule has 2 aromatic rings. The maximum atomic E-state index is 12.8. The standard InChI is InChI=1S/C16H15BrO3/c1-10-7-8-12(17)11(9-10)16(18)15-13(19-2)5-4-6-14(15)20-3/h4-9H,1-3H3. The van der Waals surface area contributed by atoms with Gasteiger partial charge < -0.3 is 9.47 Å². The van der Waals surface area contributed by atoms with Crippen molar-refractivity contribution in [3.63, 3.8) is 0 Å². The fourth-order valence-electron chi connectivity index (χ4n) is 2.02. The third kappa shape index (κ3) is 2.70. The first-order valence-corrected chi connectivity index (χ1v) is 6.89. The van der Waals surface area contributed by atoms with E-state index in [1.54, 1.807) is 18.2 Å². The van der Waals surface area contributed by atoms with Crippen LogP contribution in [0.15, 0.2) is 40.9 Å². The summed E-state index contributed by atoms with van der Waals surface area (Å²) in [6, 6.07) is 10.9. The molecule has 2 rings (SSSR count). The minimum absolute atomic E-state index is 0.130. The lowest BCUT2D eigenvalue weighted by Crippen LogP contribution is -2.07. The van der Waals surface area contributed by atoms with Crippen LogP contribution in [-0.2, 0) is 0 Å². The predicted molar refractivity (Wildman–Crippen MR) is 81.9 cm³/mol. The molecule has 104 valence electrons. The topological polar surface area (TPSA) is 35.5 Å². The molecule has 0 aliphatic rings. The molecule has 0 unspecified atom stereocenters. The molecule has 0 aliphatic heterocycles. The number of carbonyl (C=O) groups excluding carboxylic acids is 1. The average molecular weight is 335 g/mol. The highest BCUT2D eigenvalue weighted by atomic mass is 79.9. The van der Waals surface area contributed by atoms with E-state index in [1.165, 1.54) is 14.2 Å². The van der Waals surface area contributed by atoms with Crippen LogP contribution in [0.1, 0.15) is 21.5 Å². The second-order valence-corrected chi connectivity index (χ2v) is 5.20. The molecule has 0 saturated heterocycles. The van der Waals surface area contributed by atoms with Gasteiger partial charge in [-0.2, -0.15) is 0 Å². The van der Waals surface area contributed by atoms with Gasteiger partial charge in [0.1, 0.15) is 17.1 Å². The second kappa shape index (κ2) is 6.09. The smallest absolute Gasteiger partial charge is 0.201 e. The third-order valence-electron chi connectivity index (χ3n) is 3.02. The van der Waals surface area contributed by atoms with Gasteiger partial charge in [-0.25, -0.2) is 0 Å². The first kappa shape index (κ1) is 14.6. The monoisotopic (exact) mass is 334 g/mol. The number of methoxy groups -OCH3 is 2. The van der Waals surface area contributed by atoms with Gasteiger partial charge in [-0.1, -0.05) is 33.6 Å². The maximum absolute atomic E-state index is 12.8. The molecule has 2 aromatic carbocycles. The lowest BCUT2D eigenvalue weighted by molar-refractivity contribution is 0.103. The van der Waals surface area contributed by atoms with E-state index in [1.807, 2.05) is 25.1 Å². The Morgan fingerprint density at radius 1 is 1.05 bits per heavy atom. The van der Waals surface area contributed by atoms with Crippen LogP contribution in [-0.4, -0.2) is 20.0 Å². The summed E-state index contributed by atoms with van der Waals surface area (Å²) in [4.78, 5) is 12.8. The molecule has 0 amide bonds. The number of ketones is 1. The molecule has 0 bridgehead atoms. The van der Waals surface area contributed by atoms with Crippen LogP contribution < -0.4 is 9.47 Å². The van der Waals surface area contributed by atoms with Crippen LogP contribution in [0.25, 0.3) is 0 Å². The molecule has 0 atom stereocenters. The number of hydrogen-bond donors (Lipinski definition) is 0. The van der Waals surface area contributed by atoms with Gasteiger partial charge in [-0.05, 0) is 31.2 Å². The maximum Gasteiger partial charge on any atom is 0.201 e. The van der Waals surface area contributed by atoms with Crippen molar-refractivity contribution < 1.29 is 14.3 Å². The molecule has 0 spiro atoms. The molecule has 0 aromatic heterocycles. The lowest BCUT2D eigenvalue weighted by atomic mass is 10.00. The van der Waals surface area contributed by atoms with Crippen LogP contribution in [0.5, 0.6) is 11.5 Å². The van der Waals surface area contributed by atoms with Crippen LogP contribution in [0, 0.1) is 6.92 Å². The van der Waals surface area contributed by atoms with E-state index in [0.717, 1.165) is 10.0 Å². The Kier molecular flexibility index (Phi) is 4.45. The molecule has 0 saturated carbocycles. The number of carbonyl (C=O) groups is 1. The fourth-order valence-corrected chi connectivity index (χ4v) is 2.45. The molecule has 0 aliphatic carbocycles. The largest absolute Gasteiger partial charge is 0.496 e. The summed E-state index contributed by atoms with van der Waals surface area (Å²) in [5.41, 5.74) is 2.04. The Morgan fingerprint density at radius 2 is 1.65 bits per heavy atom. The van der Waals surface area contributed by atoms with Crippen molar-refractivity contribution in [2.45, 2.75) is 6.92 Å². The zero-order valence-corrected chi connectivity index (χ0v) is 13.2. The van der Waals surface area contributed by atoms with Crippen molar-refractivity contribution in [3.8, 4) is 11.5 Å². The molecule has 0 fully saturated rings. The van der Waals surface area contributed by atoms with Gasteiger partial charge in [0.2, 0.25) is 5.78 Å². The number of aryl methyl sites for hydroxylation is 1. The Balaban J connectivity index is 2.61. The number of halogens is 1. The van der Waals surface area contributed by atoms with Crippen molar-refractivity contribution in [1.29, 1.82) is 0 Å². The summed E-state index contributed by atoms with van der Waals surface area (Å²) < 4.78 is 11.3. The normalized spacial score (nSPS) is 10.2. The average Bonchev–Trinajstić information content (AvgIpc) is 2.48. The van der Waals surface area contributed by atoms with Gasteiger partial charge in [0.05, 0.1) is 14.2 Å². The van der Waals surface area contributed by atoms with Crippen molar-refractivity contribution in [2.24, 2.45) is 0 Å². The predicted octanol–water partition coefficient (Wildman–Crippen LogP) is 4.01. The highest BCUT2D eigenvalue weighted by molar-refractivity contribution is 9.10. The Morgan fingerprint density at radius 3 is 2.20 bits per heavy atom. The quantitative estimate of drug-likeness (QED) is 0.792. The summed E-state index contributed by atoms with van der Waals surface area (Å²) >= 11 is 3.42. The zero-order valence-electron chi connectivity index (χ0n) is 11.6. The highest BCUT2D eigenvalue weighted by Crippen LogP contribution is 2.32. The molecular weight excluding hydrogens is 320 g/mol. The molecule has 4 heteroatoms. The molecule has 0 radical (unpaired) electrons. The highest BCUT2D eigenvalue weighted by Gasteiger charge is 2.21. The molecule has 0 heterocycles. The van der Waals surface area contributed by atoms with E-state index in [9.17, 15) is 4.79 Å². The molecular formula is C16H15BrO3. The Bertz CT molecular complexity index is 628. The number of benzene rings is 2. The van der Waals surface area contributed by atoms with Crippen molar-refractivity contribution >= 4 is 21.7 Å². The first-order chi connectivity index (χ1) is 9.58. The minimum Gasteiger partial charge on any atom is -0.496 e. The van der Waals surface area contributed by atoms with Gasteiger partial charge >= 0.3 is 0 Å². The van der Waals surface area contributed by atoms with Gasteiger partial charge in [-0.15, -0.1) is 0 Å². The summed E-state index contributed by atoms with van der Waals surface area (Å²) in [7, 11) is 3.08. The molecule has 0 N–H and O–H groups in total. The van der Waals surface area contributed by atoms with Gasteiger partial charge in [-0.3, -0.25) is 4.79 Å². The SMILES string of the molecule is COc1cccc(OC)c1C(=O)c1cc(C)ccc1Br. The van der Waals surface area contributed by atoms with Crippen molar-refractivity contribution in [2.75, 3.05) is 14.2 Å². The number of ether oxygens (including phenoxy) is 2. The third-order valence-corrected chi connectivity index (χ3v) is 3.71. The van der Waals surface area contributed by atoms with E-state index < -0.39 is 0 Å². The van der Waals surface area contributed by atoms with Crippen LogP contribution in [0.3, 0.4) is 0 Å². The van der Waals surface area contributed by atoms with Gasteiger partial charge in [0.25, 0.3) is 0 Å². The minimum atomic E-state index is -0.130. The first-order valence-electron chi connectivity index (χ1n) is 6.10. The van der Waals surface area contributed by atoms with E-state index in [0.29, 0.717) is 22.6 Å². The van der Waals surface area contributed by atoms with Crippen molar-refractivity contribution in [3.05, 3.63) is 57.6 Å². The van der Waals surface area contributed by atoms with E-state index in [-0.39, 0.29) is 5.78 Å². The van der Waals surface area contributed by atoms with Crippen LogP contribution in [0.4, 0.5) is 0 Å². The zero-order chi connectivity index (χ0) is 14.7. The Labute approximate surface area is 126 Å². The van der Waals surface area contributed by atoms with Gasteiger partial charge in [0.15, 0.2) is 0 Å². The van der Waals surface area contributed by atoms with E-state index >= 15 is 0 Å².